The first-order chi connectivity index (χ1) is 11.6. The van der Waals surface area contributed by atoms with Crippen LogP contribution in [-0.2, 0) is 4.84 Å². The highest BCUT2D eigenvalue weighted by molar-refractivity contribution is 7.98. The molecule has 0 atom stereocenters. The largest absolute Gasteiger partial charge is 0.281 e. The Morgan fingerprint density at radius 2 is 2.17 bits per heavy atom. The molecule has 0 fully saturated rings. The lowest BCUT2D eigenvalue weighted by atomic mass is 10.2. The van der Waals surface area contributed by atoms with Gasteiger partial charge in [-0.1, -0.05) is 11.6 Å². The summed E-state index contributed by atoms with van der Waals surface area (Å²) in [6, 6.07) is 7.36. The molecular formula is C16H15ClN4O2S. The van der Waals surface area contributed by atoms with Crippen molar-refractivity contribution in [3.63, 3.8) is 0 Å². The van der Waals surface area contributed by atoms with E-state index in [0.717, 1.165) is 21.6 Å². The number of fused-ring (bicyclic) bond motifs is 1. The van der Waals surface area contributed by atoms with Crippen molar-refractivity contribution in [3.8, 4) is 5.69 Å². The van der Waals surface area contributed by atoms with Gasteiger partial charge >= 0.3 is 0 Å². The number of nitrogens with zero attached hydrogens (tertiary/aromatic N) is 4. The van der Waals surface area contributed by atoms with Gasteiger partial charge in [0, 0.05) is 23.7 Å². The molecule has 0 aliphatic rings. The van der Waals surface area contributed by atoms with Gasteiger partial charge in [0.2, 0.25) is 0 Å². The van der Waals surface area contributed by atoms with Gasteiger partial charge in [-0.25, -0.2) is 9.75 Å². The average Bonchev–Trinajstić information content (AvgIpc) is 3.03. The molecule has 124 valence electrons. The van der Waals surface area contributed by atoms with E-state index in [2.05, 4.69) is 10.1 Å². The third-order valence-corrected chi connectivity index (χ3v) is 4.63. The molecule has 2 heterocycles. The van der Waals surface area contributed by atoms with Gasteiger partial charge in [-0.05, 0) is 30.5 Å². The van der Waals surface area contributed by atoms with Crippen LogP contribution in [0.5, 0.6) is 0 Å². The Hall–Kier alpha value is -2.09. The first-order valence-corrected chi connectivity index (χ1v) is 8.66. The fraction of sp³-hybridized carbons (Fsp3) is 0.188. The van der Waals surface area contributed by atoms with Gasteiger partial charge in [-0.3, -0.25) is 14.6 Å². The van der Waals surface area contributed by atoms with Crippen molar-refractivity contribution in [2.24, 2.45) is 0 Å². The maximum Gasteiger partial charge on any atom is 0.281 e. The van der Waals surface area contributed by atoms with Gasteiger partial charge < -0.3 is 0 Å². The van der Waals surface area contributed by atoms with Crippen LogP contribution in [0.1, 0.15) is 10.4 Å². The summed E-state index contributed by atoms with van der Waals surface area (Å²) in [5, 5.41) is 7.82. The molecule has 24 heavy (non-hydrogen) atoms. The number of rotatable bonds is 4. The minimum atomic E-state index is -0.255. The maximum absolute atomic E-state index is 12.4. The number of benzene rings is 1. The molecule has 3 aromatic rings. The number of hydroxylamine groups is 2. The van der Waals surface area contributed by atoms with Crippen LogP contribution in [0.2, 0.25) is 5.02 Å². The molecule has 1 aromatic carbocycles. The van der Waals surface area contributed by atoms with E-state index < -0.39 is 0 Å². The molecular weight excluding hydrogens is 348 g/mol. The van der Waals surface area contributed by atoms with Gasteiger partial charge in [0.15, 0.2) is 0 Å². The third kappa shape index (κ3) is 2.86. The molecule has 6 nitrogen and oxygen atoms in total. The molecule has 0 spiro atoms. The summed E-state index contributed by atoms with van der Waals surface area (Å²) in [7, 11) is 3.01. The molecule has 0 bridgehead atoms. The summed E-state index contributed by atoms with van der Waals surface area (Å²) in [6.07, 6.45) is 5.14. The minimum absolute atomic E-state index is 0.255. The minimum Gasteiger partial charge on any atom is -0.274 e. The van der Waals surface area contributed by atoms with Crippen LogP contribution in [0, 0.1) is 0 Å². The first-order valence-electron chi connectivity index (χ1n) is 7.05. The molecule has 0 unspecified atom stereocenters. The highest BCUT2D eigenvalue weighted by Crippen LogP contribution is 2.29. The Kier molecular flexibility index (Phi) is 4.75. The van der Waals surface area contributed by atoms with E-state index in [1.165, 1.54) is 23.9 Å². The molecule has 8 heteroatoms. The smallest absolute Gasteiger partial charge is 0.274 e. The van der Waals surface area contributed by atoms with Crippen LogP contribution in [0.25, 0.3) is 16.6 Å². The zero-order valence-corrected chi connectivity index (χ0v) is 14.9. The number of thioether (sulfide) groups is 1. The number of pyridine rings is 1. The van der Waals surface area contributed by atoms with E-state index in [-0.39, 0.29) is 5.91 Å². The second-order valence-corrected chi connectivity index (χ2v) is 6.19. The molecule has 0 aliphatic carbocycles. The lowest BCUT2D eigenvalue weighted by molar-refractivity contribution is -0.0759. The van der Waals surface area contributed by atoms with Crippen LogP contribution in [0.15, 0.2) is 41.7 Å². The zero-order valence-electron chi connectivity index (χ0n) is 13.4. The fourth-order valence-corrected chi connectivity index (χ4v) is 3.24. The number of carbonyl (C=O) groups is 1. The molecule has 0 radical (unpaired) electrons. The van der Waals surface area contributed by atoms with Crippen LogP contribution >= 0.6 is 23.4 Å². The number of halogens is 1. The summed E-state index contributed by atoms with van der Waals surface area (Å²) in [6.45, 7) is 0. The maximum atomic E-state index is 12.4. The molecule has 2 aromatic heterocycles. The van der Waals surface area contributed by atoms with Crippen LogP contribution in [0.4, 0.5) is 0 Å². The van der Waals surface area contributed by atoms with Crippen molar-refractivity contribution in [2.75, 3.05) is 20.4 Å². The Labute approximate surface area is 148 Å². The number of amides is 1. The number of aromatic nitrogens is 3. The normalized spacial score (nSPS) is 11.0. The second kappa shape index (κ2) is 6.80. The zero-order chi connectivity index (χ0) is 17.3. The van der Waals surface area contributed by atoms with Gasteiger partial charge in [-0.15, -0.1) is 11.8 Å². The highest BCUT2D eigenvalue weighted by Gasteiger charge is 2.22. The predicted molar refractivity (Wildman–Crippen MR) is 94.8 cm³/mol. The predicted octanol–water partition coefficient (Wildman–Crippen LogP) is 3.43. The van der Waals surface area contributed by atoms with Gasteiger partial charge in [0.05, 0.1) is 30.1 Å². The second-order valence-electron chi connectivity index (χ2n) is 4.96. The third-order valence-electron chi connectivity index (χ3n) is 3.62. The van der Waals surface area contributed by atoms with Crippen molar-refractivity contribution >= 4 is 40.2 Å². The summed E-state index contributed by atoms with van der Waals surface area (Å²) >= 11 is 7.48. The first kappa shape index (κ1) is 16.8. The molecule has 0 aliphatic heterocycles. The molecule has 0 saturated carbocycles. The van der Waals surface area contributed by atoms with Crippen molar-refractivity contribution in [1.82, 2.24) is 19.8 Å². The van der Waals surface area contributed by atoms with Crippen molar-refractivity contribution in [2.45, 2.75) is 5.03 Å². The van der Waals surface area contributed by atoms with Crippen molar-refractivity contribution < 1.29 is 9.63 Å². The molecule has 0 N–H and O–H groups in total. The van der Waals surface area contributed by atoms with Crippen molar-refractivity contribution in [1.29, 1.82) is 0 Å². The fourth-order valence-electron chi connectivity index (χ4n) is 2.40. The van der Waals surface area contributed by atoms with E-state index in [1.807, 2.05) is 24.5 Å². The highest BCUT2D eigenvalue weighted by atomic mass is 35.5. The Morgan fingerprint density at radius 1 is 1.38 bits per heavy atom. The standard InChI is InChI=1S/C16H15ClN4O2S/c1-20(23-2)15(22)12-9-19-21(16(12)24-3)14-6-7-18-13-8-10(17)4-5-11(13)14/h4-9H,1-3H3. The Balaban J connectivity index is 2.18. The van der Waals surface area contributed by atoms with Crippen LogP contribution < -0.4 is 0 Å². The van der Waals surface area contributed by atoms with E-state index in [1.54, 1.807) is 30.2 Å². The SMILES string of the molecule is CON(C)C(=O)c1cnn(-c2ccnc3cc(Cl)ccc23)c1SC. The lowest BCUT2D eigenvalue weighted by Gasteiger charge is -2.14. The van der Waals surface area contributed by atoms with Gasteiger partial charge in [0.25, 0.3) is 5.91 Å². The van der Waals surface area contributed by atoms with Gasteiger partial charge in [0.1, 0.15) is 5.03 Å². The van der Waals surface area contributed by atoms with E-state index in [4.69, 9.17) is 16.4 Å². The summed E-state index contributed by atoms with van der Waals surface area (Å²) < 4.78 is 1.74. The number of hydrogen-bond donors (Lipinski definition) is 0. The van der Waals surface area contributed by atoms with Gasteiger partial charge in [-0.2, -0.15) is 5.10 Å². The Morgan fingerprint density at radius 3 is 2.88 bits per heavy atom. The number of carbonyl (C=O) groups excluding carboxylic acids is 1. The quantitative estimate of drug-likeness (QED) is 0.525. The summed E-state index contributed by atoms with van der Waals surface area (Å²) in [5.41, 5.74) is 2.08. The van der Waals surface area contributed by atoms with Crippen LogP contribution in [-0.4, -0.2) is 46.1 Å². The topological polar surface area (TPSA) is 60.2 Å². The van der Waals surface area contributed by atoms with E-state index >= 15 is 0 Å². The molecule has 0 saturated heterocycles. The lowest BCUT2D eigenvalue weighted by Crippen LogP contribution is -2.25. The summed E-state index contributed by atoms with van der Waals surface area (Å²) in [5.74, 6) is -0.255. The number of hydrogen-bond acceptors (Lipinski definition) is 5. The monoisotopic (exact) mass is 362 g/mol. The van der Waals surface area contributed by atoms with Crippen LogP contribution in [0.3, 0.4) is 0 Å². The molecule has 3 rings (SSSR count). The van der Waals surface area contributed by atoms with Crippen molar-refractivity contribution in [3.05, 3.63) is 47.2 Å². The van der Waals surface area contributed by atoms with E-state index in [9.17, 15) is 4.79 Å². The summed E-state index contributed by atoms with van der Waals surface area (Å²) in [4.78, 5) is 21.7. The van der Waals surface area contributed by atoms with E-state index in [0.29, 0.717) is 10.6 Å². The average molecular weight is 363 g/mol. The Bertz CT molecular complexity index is 912. The molecule has 1 amide bonds.